The molecule has 1 saturated heterocycles. The van der Waals surface area contributed by atoms with Crippen LogP contribution in [0.5, 0.6) is 0 Å². The maximum absolute atomic E-state index is 11.7. The van der Waals surface area contributed by atoms with Crippen LogP contribution in [0, 0.1) is 5.92 Å². The first-order chi connectivity index (χ1) is 7.33. The first-order valence-electron chi connectivity index (χ1n) is 5.47. The molecule has 90 valence electrons. The number of likely N-dealkylation sites (tertiary alicyclic amines) is 1. The molecular formula is C12H19NO3. The average Bonchev–Trinajstić information content (AvgIpc) is 2.62. The monoisotopic (exact) mass is 225 g/mol. The largest absolute Gasteiger partial charge is 0.444 e. The fourth-order valence-corrected chi connectivity index (χ4v) is 1.65. The molecular weight excluding hydrogens is 206 g/mol. The van der Waals surface area contributed by atoms with Crippen LogP contribution >= 0.6 is 0 Å². The predicted octanol–water partition coefficient (Wildman–Crippen LogP) is 2.00. The molecule has 16 heavy (non-hydrogen) atoms. The smallest absolute Gasteiger partial charge is 0.410 e. The number of ether oxygens (including phenoxy) is 1. The van der Waals surface area contributed by atoms with Gasteiger partial charge >= 0.3 is 6.09 Å². The summed E-state index contributed by atoms with van der Waals surface area (Å²) in [6, 6.07) is 0. The molecule has 0 unspecified atom stereocenters. The Morgan fingerprint density at radius 3 is 2.56 bits per heavy atom. The molecule has 1 atom stereocenters. The number of carbonyl (C=O) groups excluding carboxylic acids is 2. The quantitative estimate of drug-likeness (QED) is 0.675. The van der Waals surface area contributed by atoms with Crippen molar-refractivity contribution in [2.75, 3.05) is 13.1 Å². The van der Waals surface area contributed by atoms with E-state index in [-0.39, 0.29) is 17.8 Å². The van der Waals surface area contributed by atoms with Crippen LogP contribution in [0.2, 0.25) is 0 Å². The molecule has 1 aliphatic heterocycles. The fraction of sp³-hybridized carbons (Fsp3) is 0.667. The zero-order valence-corrected chi connectivity index (χ0v) is 10.2. The standard InChI is InChI=1S/C12H19NO3/c1-5-10(14)9-6-7-13(8-9)11(15)16-12(2,3)4/h5,9H,1,6-8H2,2-4H3/t9-/m0/s1. The third-order valence-electron chi connectivity index (χ3n) is 2.44. The van der Waals surface area contributed by atoms with E-state index in [9.17, 15) is 9.59 Å². The van der Waals surface area contributed by atoms with Crippen molar-refractivity contribution in [2.24, 2.45) is 5.92 Å². The molecule has 0 spiro atoms. The van der Waals surface area contributed by atoms with Crippen LogP contribution in [-0.4, -0.2) is 35.5 Å². The summed E-state index contributed by atoms with van der Waals surface area (Å²) < 4.78 is 5.23. The van der Waals surface area contributed by atoms with Crippen molar-refractivity contribution in [3.05, 3.63) is 12.7 Å². The predicted molar refractivity (Wildman–Crippen MR) is 61.1 cm³/mol. The van der Waals surface area contributed by atoms with Crippen molar-refractivity contribution in [3.8, 4) is 0 Å². The van der Waals surface area contributed by atoms with Gasteiger partial charge in [-0.2, -0.15) is 0 Å². The Labute approximate surface area is 96.3 Å². The Hall–Kier alpha value is -1.32. The third-order valence-corrected chi connectivity index (χ3v) is 2.44. The molecule has 0 aliphatic carbocycles. The molecule has 1 rings (SSSR count). The zero-order valence-electron chi connectivity index (χ0n) is 10.2. The summed E-state index contributed by atoms with van der Waals surface area (Å²) in [5.74, 6) is -0.101. The minimum Gasteiger partial charge on any atom is -0.444 e. The number of carbonyl (C=O) groups is 2. The van der Waals surface area contributed by atoms with E-state index in [0.717, 1.165) is 0 Å². The summed E-state index contributed by atoms with van der Waals surface area (Å²) >= 11 is 0. The number of hydrogen-bond acceptors (Lipinski definition) is 3. The molecule has 0 saturated carbocycles. The van der Waals surface area contributed by atoms with Gasteiger partial charge in [0.05, 0.1) is 0 Å². The van der Waals surface area contributed by atoms with Gasteiger partial charge in [-0.25, -0.2) is 4.79 Å². The van der Waals surface area contributed by atoms with Gasteiger partial charge in [-0.3, -0.25) is 4.79 Å². The van der Waals surface area contributed by atoms with Crippen molar-refractivity contribution in [2.45, 2.75) is 32.8 Å². The molecule has 4 nitrogen and oxygen atoms in total. The summed E-state index contributed by atoms with van der Waals surface area (Å²) in [6.07, 6.45) is 1.68. The number of allylic oxidation sites excluding steroid dienone is 1. The van der Waals surface area contributed by atoms with Crippen molar-refractivity contribution in [1.82, 2.24) is 4.90 Å². The average molecular weight is 225 g/mol. The number of ketones is 1. The Kier molecular flexibility index (Phi) is 3.73. The van der Waals surface area contributed by atoms with E-state index in [4.69, 9.17) is 4.74 Å². The Balaban J connectivity index is 2.50. The van der Waals surface area contributed by atoms with Gasteiger partial charge in [0.25, 0.3) is 0 Å². The highest BCUT2D eigenvalue weighted by atomic mass is 16.6. The van der Waals surface area contributed by atoms with Gasteiger partial charge in [-0.15, -0.1) is 0 Å². The van der Waals surface area contributed by atoms with Gasteiger partial charge in [0.2, 0.25) is 0 Å². The highest BCUT2D eigenvalue weighted by molar-refractivity contribution is 5.92. The van der Waals surface area contributed by atoms with E-state index in [2.05, 4.69) is 6.58 Å². The van der Waals surface area contributed by atoms with Crippen molar-refractivity contribution in [1.29, 1.82) is 0 Å². The van der Waals surface area contributed by atoms with E-state index in [1.54, 1.807) is 4.90 Å². The van der Waals surface area contributed by atoms with Crippen LogP contribution in [0.4, 0.5) is 4.79 Å². The van der Waals surface area contributed by atoms with Gasteiger partial charge in [0, 0.05) is 19.0 Å². The van der Waals surface area contributed by atoms with Crippen molar-refractivity contribution in [3.63, 3.8) is 0 Å². The molecule has 0 aromatic heterocycles. The van der Waals surface area contributed by atoms with Crippen LogP contribution in [0.15, 0.2) is 12.7 Å². The second kappa shape index (κ2) is 4.68. The minimum atomic E-state index is -0.488. The summed E-state index contributed by atoms with van der Waals surface area (Å²) in [7, 11) is 0. The van der Waals surface area contributed by atoms with E-state index in [0.29, 0.717) is 19.5 Å². The van der Waals surface area contributed by atoms with Gasteiger partial charge in [-0.1, -0.05) is 6.58 Å². The first kappa shape index (κ1) is 12.7. The second-order valence-corrected chi connectivity index (χ2v) is 5.02. The summed E-state index contributed by atoms with van der Waals surface area (Å²) in [4.78, 5) is 24.6. The molecule has 0 radical (unpaired) electrons. The molecule has 0 aromatic carbocycles. The SMILES string of the molecule is C=CC(=O)[C@H]1CCN(C(=O)OC(C)(C)C)C1. The molecule has 0 N–H and O–H groups in total. The lowest BCUT2D eigenvalue weighted by Gasteiger charge is -2.24. The highest BCUT2D eigenvalue weighted by Gasteiger charge is 2.32. The lowest BCUT2D eigenvalue weighted by molar-refractivity contribution is -0.117. The van der Waals surface area contributed by atoms with E-state index in [1.165, 1.54) is 6.08 Å². The molecule has 1 fully saturated rings. The highest BCUT2D eigenvalue weighted by Crippen LogP contribution is 2.20. The lowest BCUT2D eigenvalue weighted by atomic mass is 10.0. The topological polar surface area (TPSA) is 46.6 Å². The summed E-state index contributed by atoms with van der Waals surface area (Å²) in [6.45, 7) is 9.96. The number of amides is 1. The van der Waals surface area contributed by atoms with Gasteiger partial charge in [0.15, 0.2) is 5.78 Å². The van der Waals surface area contributed by atoms with Crippen molar-refractivity contribution < 1.29 is 14.3 Å². The van der Waals surface area contributed by atoms with E-state index in [1.807, 2.05) is 20.8 Å². The van der Waals surface area contributed by atoms with Crippen LogP contribution in [0.25, 0.3) is 0 Å². The van der Waals surface area contributed by atoms with Gasteiger partial charge < -0.3 is 9.64 Å². The maximum Gasteiger partial charge on any atom is 0.410 e. The van der Waals surface area contributed by atoms with Crippen molar-refractivity contribution >= 4 is 11.9 Å². The molecule has 1 heterocycles. The summed E-state index contributed by atoms with van der Waals surface area (Å²) in [5, 5.41) is 0. The molecule has 0 aromatic rings. The Morgan fingerprint density at radius 1 is 1.44 bits per heavy atom. The lowest BCUT2D eigenvalue weighted by Crippen LogP contribution is -2.35. The van der Waals surface area contributed by atoms with Crippen LogP contribution in [0.3, 0.4) is 0 Å². The second-order valence-electron chi connectivity index (χ2n) is 5.02. The minimum absolute atomic E-state index is 0.00561. The van der Waals surface area contributed by atoms with E-state index >= 15 is 0 Å². The zero-order chi connectivity index (χ0) is 12.3. The Morgan fingerprint density at radius 2 is 2.06 bits per heavy atom. The number of nitrogens with zero attached hydrogens (tertiary/aromatic N) is 1. The Bertz CT molecular complexity index is 304. The molecule has 1 amide bonds. The number of rotatable bonds is 2. The molecule has 4 heteroatoms. The number of hydrogen-bond donors (Lipinski definition) is 0. The third kappa shape index (κ3) is 3.36. The molecule has 1 aliphatic rings. The fourth-order valence-electron chi connectivity index (χ4n) is 1.65. The van der Waals surface area contributed by atoms with Crippen LogP contribution in [-0.2, 0) is 9.53 Å². The van der Waals surface area contributed by atoms with Crippen LogP contribution < -0.4 is 0 Å². The van der Waals surface area contributed by atoms with Gasteiger partial charge in [0.1, 0.15) is 5.60 Å². The van der Waals surface area contributed by atoms with E-state index < -0.39 is 5.60 Å². The van der Waals surface area contributed by atoms with Gasteiger partial charge in [-0.05, 0) is 33.3 Å². The van der Waals surface area contributed by atoms with Crippen LogP contribution in [0.1, 0.15) is 27.2 Å². The first-order valence-corrected chi connectivity index (χ1v) is 5.47. The summed E-state index contributed by atoms with van der Waals surface area (Å²) in [5.41, 5.74) is -0.488. The maximum atomic E-state index is 11.7. The normalized spacial score (nSPS) is 20.7. The molecule has 0 bridgehead atoms.